The second-order valence-electron chi connectivity index (χ2n) is 5.34. The molecule has 0 radical (unpaired) electrons. The Balaban J connectivity index is 3.78. The van der Waals surface area contributed by atoms with Gasteiger partial charge in [0, 0.05) is 5.33 Å². The van der Waals surface area contributed by atoms with Crippen LogP contribution in [0.5, 0.6) is 0 Å². The summed E-state index contributed by atoms with van der Waals surface area (Å²) in [6.07, 6.45) is 0. The fourth-order valence-electron chi connectivity index (χ4n) is 2.74. The van der Waals surface area contributed by atoms with Gasteiger partial charge in [-0.3, -0.25) is 9.59 Å². The lowest BCUT2D eigenvalue weighted by atomic mass is 9.85. The van der Waals surface area contributed by atoms with Crippen LogP contribution in [0.3, 0.4) is 0 Å². The van der Waals surface area contributed by atoms with Crippen molar-refractivity contribution in [3.63, 3.8) is 0 Å². The summed E-state index contributed by atoms with van der Waals surface area (Å²) in [7, 11) is 0. The molecule has 0 fully saturated rings. The van der Waals surface area contributed by atoms with E-state index in [1.165, 1.54) is 13.8 Å². The Morgan fingerprint density at radius 3 is 1.48 bits per heavy atom. The molecule has 1 aromatic rings. The first-order valence-corrected chi connectivity index (χ1v) is 8.85. The number of hydrogen-bond acceptors (Lipinski definition) is 4. The number of Topliss-reactive ketones (excluding diaryl/α,β-unsaturated/α-hetero) is 2. The quantitative estimate of drug-likeness (QED) is 0.569. The van der Waals surface area contributed by atoms with Crippen molar-refractivity contribution in [1.82, 2.24) is 0 Å². The molecule has 21 heavy (non-hydrogen) atoms. The first-order chi connectivity index (χ1) is 9.64. The molecule has 116 valence electrons. The van der Waals surface area contributed by atoms with Gasteiger partial charge in [-0.05, 0) is 68.0 Å². The van der Waals surface area contributed by atoms with E-state index >= 15 is 0 Å². The van der Waals surface area contributed by atoms with Crippen LogP contribution in [-0.4, -0.2) is 11.6 Å². The van der Waals surface area contributed by atoms with Gasteiger partial charge in [0.1, 0.15) is 11.6 Å². The topological polar surface area (TPSA) is 34.1 Å². The molecular weight excluding hydrogens is 368 g/mol. The Bertz CT molecular complexity index is 549. The minimum atomic E-state index is -0.477. The second kappa shape index (κ2) is 7.34. The van der Waals surface area contributed by atoms with Crippen LogP contribution in [-0.2, 0) is 14.9 Å². The molecule has 0 bridgehead atoms. The molecule has 1 aromatic carbocycles. The summed E-state index contributed by atoms with van der Waals surface area (Å²) in [5, 5.41) is -0.286. The molecule has 2 atom stereocenters. The lowest BCUT2D eigenvalue weighted by Gasteiger charge is -2.25. The highest BCUT2D eigenvalue weighted by atomic mass is 79.9. The van der Waals surface area contributed by atoms with Crippen molar-refractivity contribution in [2.45, 2.75) is 50.4 Å². The van der Waals surface area contributed by atoms with Crippen molar-refractivity contribution in [3.05, 3.63) is 33.4 Å². The van der Waals surface area contributed by atoms with E-state index in [1.54, 1.807) is 0 Å². The molecule has 0 aliphatic heterocycles. The summed E-state index contributed by atoms with van der Waals surface area (Å²) in [5.74, 6) is -0.00297. The largest absolute Gasteiger partial charge is 0.298 e. The van der Waals surface area contributed by atoms with E-state index in [9.17, 15) is 9.59 Å². The van der Waals surface area contributed by atoms with E-state index in [0.717, 1.165) is 33.4 Å². The van der Waals surface area contributed by atoms with Crippen LogP contribution < -0.4 is 0 Å². The third-order valence-electron chi connectivity index (χ3n) is 3.97. The van der Waals surface area contributed by atoms with Gasteiger partial charge in [-0.25, -0.2) is 0 Å². The van der Waals surface area contributed by atoms with Crippen molar-refractivity contribution in [2.75, 3.05) is 0 Å². The Kier molecular flexibility index (Phi) is 6.56. The summed E-state index contributed by atoms with van der Waals surface area (Å²) in [4.78, 5) is 23.5. The van der Waals surface area contributed by atoms with Gasteiger partial charge < -0.3 is 0 Å². The van der Waals surface area contributed by atoms with Crippen LogP contribution in [0.2, 0.25) is 0 Å². The van der Waals surface area contributed by atoms with Crippen LogP contribution in [0.15, 0.2) is 0 Å². The zero-order valence-electron chi connectivity index (χ0n) is 13.0. The Morgan fingerprint density at radius 2 is 1.24 bits per heavy atom. The van der Waals surface area contributed by atoms with Crippen molar-refractivity contribution in [2.24, 2.45) is 0 Å². The van der Waals surface area contributed by atoms with E-state index in [-0.39, 0.29) is 11.6 Å². The van der Waals surface area contributed by atoms with E-state index in [0.29, 0.717) is 5.33 Å². The normalized spacial score (nSPS) is 13.9. The number of rotatable bonds is 5. The van der Waals surface area contributed by atoms with Gasteiger partial charge in [-0.2, -0.15) is 25.3 Å². The number of ketones is 2. The van der Waals surface area contributed by atoms with Gasteiger partial charge in [-0.15, -0.1) is 0 Å². The lowest BCUT2D eigenvalue weighted by molar-refractivity contribution is -0.117. The molecule has 0 amide bonds. The maximum absolute atomic E-state index is 11.8. The third-order valence-corrected chi connectivity index (χ3v) is 5.78. The summed E-state index contributed by atoms with van der Waals surface area (Å²) in [6, 6.07) is 0. The maximum Gasteiger partial charge on any atom is 0.146 e. The lowest BCUT2D eigenvalue weighted by Crippen LogP contribution is -2.15. The minimum Gasteiger partial charge on any atom is -0.298 e. The first kappa shape index (κ1) is 18.8. The molecule has 1 rings (SSSR count). The molecule has 2 unspecified atom stereocenters. The molecule has 0 aromatic heterocycles. The second-order valence-corrected chi connectivity index (χ2v) is 6.93. The summed E-state index contributed by atoms with van der Waals surface area (Å²) in [5.41, 5.74) is 5.98. The van der Waals surface area contributed by atoms with Crippen molar-refractivity contribution in [3.8, 4) is 0 Å². The van der Waals surface area contributed by atoms with Gasteiger partial charge in [0.25, 0.3) is 0 Å². The monoisotopic (exact) mass is 388 g/mol. The van der Waals surface area contributed by atoms with Crippen LogP contribution >= 0.6 is 41.2 Å². The number of carbonyl (C=O) groups is 2. The Morgan fingerprint density at radius 1 is 0.905 bits per heavy atom. The highest BCUT2D eigenvalue weighted by molar-refractivity contribution is 9.08. The average Bonchev–Trinajstić information content (AvgIpc) is 2.38. The van der Waals surface area contributed by atoms with E-state index in [1.807, 2.05) is 20.8 Å². The number of hydrogen-bond donors (Lipinski definition) is 2. The molecular formula is C16H21BrO2S2. The fraction of sp³-hybridized carbons (Fsp3) is 0.500. The first-order valence-electron chi connectivity index (χ1n) is 6.70. The van der Waals surface area contributed by atoms with Crippen molar-refractivity contribution in [1.29, 1.82) is 0 Å². The van der Waals surface area contributed by atoms with Crippen molar-refractivity contribution < 1.29 is 9.59 Å². The van der Waals surface area contributed by atoms with Crippen molar-refractivity contribution >= 4 is 52.8 Å². The number of carbonyl (C=O) groups excluding carboxylic acids is 2. The van der Waals surface area contributed by atoms with E-state index in [2.05, 4.69) is 41.2 Å². The highest BCUT2D eigenvalue weighted by Crippen LogP contribution is 2.39. The number of benzene rings is 1. The predicted molar refractivity (Wildman–Crippen MR) is 98.1 cm³/mol. The Hall–Kier alpha value is -0.260. The summed E-state index contributed by atoms with van der Waals surface area (Å²) >= 11 is 12.4. The van der Waals surface area contributed by atoms with Gasteiger partial charge in [0.05, 0.1) is 10.5 Å². The standard InChI is InChI=1S/C16H21BrO2S2/c1-7-12(6-17)8(2)14(16(21)11(5)19)9(3)13(7)15(20)10(4)18/h15-16,20-21H,6H2,1-5H3. The number of halogens is 1. The SMILES string of the molecule is CC(=O)C(S)c1c(C)c(CBr)c(C)c(C(S)C(C)=O)c1C. The fourth-order valence-corrected chi connectivity index (χ4v) is 4.36. The zero-order valence-corrected chi connectivity index (χ0v) is 16.3. The molecule has 0 saturated heterocycles. The molecule has 0 aliphatic carbocycles. The molecule has 2 nitrogen and oxygen atoms in total. The molecule has 0 aliphatic rings. The smallest absolute Gasteiger partial charge is 0.146 e. The summed E-state index contributed by atoms with van der Waals surface area (Å²) < 4.78 is 0. The molecule has 0 spiro atoms. The maximum atomic E-state index is 11.8. The molecule has 0 heterocycles. The van der Waals surface area contributed by atoms with E-state index in [4.69, 9.17) is 0 Å². The number of alkyl halides is 1. The van der Waals surface area contributed by atoms with Gasteiger partial charge in [0.15, 0.2) is 0 Å². The molecule has 0 saturated carbocycles. The van der Waals surface area contributed by atoms with Crippen LogP contribution in [0.1, 0.15) is 57.7 Å². The minimum absolute atomic E-state index is 0.00148. The average molecular weight is 389 g/mol. The van der Waals surface area contributed by atoms with Crippen LogP contribution in [0.25, 0.3) is 0 Å². The van der Waals surface area contributed by atoms with E-state index < -0.39 is 10.5 Å². The third kappa shape index (κ3) is 3.57. The van der Waals surface area contributed by atoms with Gasteiger partial charge in [0.2, 0.25) is 0 Å². The number of thiol groups is 2. The summed E-state index contributed by atoms with van der Waals surface area (Å²) in [6.45, 7) is 9.02. The van der Waals surface area contributed by atoms with Crippen LogP contribution in [0, 0.1) is 20.8 Å². The molecule has 0 N–H and O–H groups in total. The Labute approximate surface area is 146 Å². The van der Waals surface area contributed by atoms with Gasteiger partial charge in [-0.1, -0.05) is 15.9 Å². The highest BCUT2D eigenvalue weighted by Gasteiger charge is 2.26. The van der Waals surface area contributed by atoms with Crippen LogP contribution in [0.4, 0.5) is 0 Å². The van der Waals surface area contributed by atoms with Gasteiger partial charge >= 0.3 is 0 Å². The predicted octanol–water partition coefficient (Wildman–Crippen LogP) is 4.63. The molecule has 5 heteroatoms. The zero-order chi connectivity index (χ0) is 16.5.